The average Bonchev–Trinajstić information content (AvgIpc) is 2.52. The summed E-state index contributed by atoms with van der Waals surface area (Å²) in [7, 11) is 0. The number of carbonyl (C=O) groups is 1. The number of hydrogen-bond donors (Lipinski definition) is 2. The number of carbonyl (C=O) groups excluding carboxylic acids is 1. The zero-order chi connectivity index (χ0) is 16.1. The molecule has 0 spiro atoms. The summed E-state index contributed by atoms with van der Waals surface area (Å²) in [5, 5.41) is 14.1. The van der Waals surface area contributed by atoms with Crippen LogP contribution < -0.4 is 10.6 Å². The molecule has 0 aliphatic rings. The number of hydrogen-bond acceptors (Lipinski definition) is 4. The lowest BCUT2D eigenvalue weighted by atomic mass is 10.1. The molecule has 22 heavy (non-hydrogen) atoms. The Morgan fingerprint density at radius 2 is 1.95 bits per heavy atom. The molecule has 5 nitrogen and oxygen atoms in total. The normalized spacial score (nSPS) is 11.8. The van der Waals surface area contributed by atoms with Crippen molar-refractivity contribution in [3.63, 3.8) is 0 Å². The number of anilines is 2. The molecule has 2 rings (SSSR count). The smallest absolute Gasteiger partial charge is 0.276 e. The highest BCUT2D eigenvalue weighted by Crippen LogP contribution is 2.18. The van der Waals surface area contributed by atoms with Crippen LogP contribution in [-0.4, -0.2) is 22.1 Å². The van der Waals surface area contributed by atoms with Gasteiger partial charge in [0.1, 0.15) is 5.82 Å². The van der Waals surface area contributed by atoms with Gasteiger partial charge in [0, 0.05) is 11.7 Å². The molecule has 2 N–H and O–H groups in total. The number of nitrogens with zero attached hydrogens (tertiary/aromatic N) is 2. The van der Waals surface area contributed by atoms with Gasteiger partial charge in [-0.15, -0.1) is 10.2 Å². The van der Waals surface area contributed by atoms with Crippen LogP contribution in [0.3, 0.4) is 0 Å². The van der Waals surface area contributed by atoms with Crippen molar-refractivity contribution >= 4 is 17.4 Å². The van der Waals surface area contributed by atoms with Crippen molar-refractivity contribution in [3.05, 3.63) is 47.2 Å². The minimum Gasteiger partial charge on any atom is -0.366 e. The van der Waals surface area contributed by atoms with E-state index in [0.29, 0.717) is 17.6 Å². The summed E-state index contributed by atoms with van der Waals surface area (Å²) >= 11 is 0. The minimum atomic E-state index is -0.253. The van der Waals surface area contributed by atoms with Gasteiger partial charge in [0.15, 0.2) is 5.69 Å². The van der Waals surface area contributed by atoms with Crippen molar-refractivity contribution < 1.29 is 4.79 Å². The molecule has 2 aromatic rings. The van der Waals surface area contributed by atoms with Crippen LogP contribution in [0.1, 0.15) is 41.9 Å². The maximum atomic E-state index is 12.2. The van der Waals surface area contributed by atoms with Crippen LogP contribution in [0.5, 0.6) is 0 Å². The fraction of sp³-hybridized carbons (Fsp3) is 0.353. The zero-order valence-electron chi connectivity index (χ0n) is 13.5. The fourth-order valence-corrected chi connectivity index (χ4v) is 1.96. The lowest BCUT2D eigenvalue weighted by Crippen LogP contribution is -2.18. The second kappa shape index (κ2) is 7.02. The Bertz CT molecular complexity index is 652. The predicted octanol–water partition coefficient (Wildman–Crippen LogP) is 3.56. The largest absolute Gasteiger partial charge is 0.366 e. The van der Waals surface area contributed by atoms with Gasteiger partial charge in [0.05, 0.1) is 0 Å². The average molecular weight is 298 g/mol. The molecule has 1 aromatic carbocycles. The first-order valence-corrected chi connectivity index (χ1v) is 7.49. The van der Waals surface area contributed by atoms with Crippen molar-refractivity contribution in [2.45, 2.75) is 40.2 Å². The van der Waals surface area contributed by atoms with E-state index in [4.69, 9.17) is 0 Å². The number of nitrogens with one attached hydrogen (secondary N) is 2. The Labute approximate surface area is 131 Å². The third kappa shape index (κ3) is 3.81. The lowest BCUT2D eigenvalue weighted by molar-refractivity contribution is 0.102. The van der Waals surface area contributed by atoms with Gasteiger partial charge in [-0.05, 0) is 56.5 Å². The second-order valence-corrected chi connectivity index (χ2v) is 5.46. The number of rotatable bonds is 5. The summed E-state index contributed by atoms with van der Waals surface area (Å²) in [5.74, 6) is 0.425. The Kier molecular flexibility index (Phi) is 5.09. The highest BCUT2D eigenvalue weighted by atomic mass is 16.1. The Balaban J connectivity index is 2.08. The molecular formula is C17H22N4O. The molecule has 0 bridgehead atoms. The molecular weight excluding hydrogens is 276 g/mol. The standard InChI is InChI=1S/C17H22N4O/c1-5-12(3)18-16-10-9-15(20-21-16)17(22)19-14-8-6-7-11(2)13(14)4/h6-10,12H,5H2,1-4H3,(H,18,21)(H,19,22). The van der Waals surface area contributed by atoms with Gasteiger partial charge in [-0.25, -0.2) is 0 Å². The molecule has 0 fully saturated rings. The summed E-state index contributed by atoms with van der Waals surface area (Å²) in [6, 6.07) is 9.59. The molecule has 1 atom stereocenters. The zero-order valence-corrected chi connectivity index (χ0v) is 13.5. The van der Waals surface area contributed by atoms with E-state index in [2.05, 4.69) is 34.7 Å². The quantitative estimate of drug-likeness (QED) is 0.885. The van der Waals surface area contributed by atoms with Crippen LogP contribution in [0.2, 0.25) is 0 Å². The molecule has 0 aliphatic heterocycles. The Hall–Kier alpha value is -2.43. The first kappa shape index (κ1) is 15.9. The third-order valence-corrected chi connectivity index (χ3v) is 3.76. The second-order valence-electron chi connectivity index (χ2n) is 5.46. The molecule has 0 radical (unpaired) electrons. The summed E-state index contributed by atoms with van der Waals surface area (Å²) in [6.07, 6.45) is 0.997. The SMILES string of the molecule is CCC(C)Nc1ccc(C(=O)Nc2cccc(C)c2C)nn1. The summed E-state index contributed by atoms with van der Waals surface area (Å²) in [5.41, 5.74) is 3.29. The fourth-order valence-electron chi connectivity index (χ4n) is 1.96. The van der Waals surface area contributed by atoms with Gasteiger partial charge < -0.3 is 10.6 Å². The first-order chi connectivity index (χ1) is 10.5. The summed E-state index contributed by atoms with van der Waals surface area (Å²) < 4.78 is 0. The van der Waals surface area contributed by atoms with Gasteiger partial charge in [0.2, 0.25) is 0 Å². The lowest BCUT2D eigenvalue weighted by Gasteiger charge is -2.12. The van der Waals surface area contributed by atoms with E-state index in [9.17, 15) is 4.79 Å². The van der Waals surface area contributed by atoms with E-state index in [1.807, 2.05) is 32.0 Å². The number of benzene rings is 1. The van der Waals surface area contributed by atoms with Gasteiger partial charge in [-0.1, -0.05) is 19.1 Å². The highest BCUT2D eigenvalue weighted by Gasteiger charge is 2.11. The maximum absolute atomic E-state index is 12.2. The number of aromatic nitrogens is 2. The van der Waals surface area contributed by atoms with Crippen molar-refractivity contribution in [1.82, 2.24) is 10.2 Å². The number of amides is 1. The molecule has 1 aromatic heterocycles. The maximum Gasteiger partial charge on any atom is 0.276 e. The van der Waals surface area contributed by atoms with E-state index in [-0.39, 0.29) is 5.91 Å². The number of aryl methyl sites for hydroxylation is 1. The first-order valence-electron chi connectivity index (χ1n) is 7.49. The van der Waals surface area contributed by atoms with E-state index >= 15 is 0 Å². The van der Waals surface area contributed by atoms with Crippen molar-refractivity contribution in [1.29, 1.82) is 0 Å². The summed E-state index contributed by atoms with van der Waals surface area (Å²) in [6.45, 7) is 8.16. The highest BCUT2D eigenvalue weighted by molar-refractivity contribution is 6.03. The molecule has 116 valence electrons. The van der Waals surface area contributed by atoms with Gasteiger partial charge in [0.25, 0.3) is 5.91 Å². The van der Waals surface area contributed by atoms with E-state index in [0.717, 1.165) is 23.2 Å². The van der Waals surface area contributed by atoms with Gasteiger partial charge in [-0.2, -0.15) is 0 Å². The Morgan fingerprint density at radius 1 is 1.18 bits per heavy atom. The van der Waals surface area contributed by atoms with Crippen LogP contribution in [0.4, 0.5) is 11.5 Å². The summed E-state index contributed by atoms with van der Waals surface area (Å²) in [4.78, 5) is 12.2. The molecule has 1 amide bonds. The topological polar surface area (TPSA) is 66.9 Å². The van der Waals surface area contributed by atoms with E-state index in [1.54, 1.807) is 12.1 Å². The molecule has 1 heterocycles. The van der Waals surface area contributed by atoms with Crippen LogP contribution in [0.15, 0.2) is 30.3 Å². The van der Waals surface area contributed by atoms with Crippen LogP contribution in [0.25, 0.3) is 0 Å². The van der Waals surface area contributed by atoms with Crippen LogP contribution in [-0.2, 0) is 0 Å². The third-order valence-electron chi connectivity index (χ3n) is 3.76. The molecule has 5 heteroatoms. The van der Waals surface area contributed by atoms with E-state index in [1.165, 1.54) is 0 Å². The van der Waals surface area contributed by atoms with Crippen molar-refractivity contribution in [3.8, 4) is 0 Å². The minimum absolute atomic E-state index is 0.253. The van der Waals surface area contributed by atoms with Crippen LogP contribution in [0, 0.1) is 13.8 Å². The van der Waals surface area contributed by atoms with Gasteiger partial charge in [-0.3, -0.25) is 4.79 Å². The van der Waals surface area contributed by atoms with Gasteiger partial charge >= 0.3 is 0 Å². The molecule has 0 saturated carbocycles. The molecule has 0 saturated heterocycles. The Morgan fingerprint density at radius 3 is 2.59 bits per heavy atom. The van der Waals surface area contributed by atoms with E-state index < -0.39 is 0 Å². The molecule has 1 unspecified atom stereocenters. The predicted molar refractivity (Wildman–Crippen MR) is 89.3 cm³/mol. The monoisotopic (exact) mass is 298 g/mol. The van der Waals surface area contributed by atoms with Crippen LogP contribution >= 0.6 is 0 Å². The van der Waals surface area contributed by atoms with Crippen molar-refractivity contribution in [2.75, 3.05) is 10.6 Å². The molecule has 0 aliphatic carbocycles. The van der Waals surface area contributed by atoms with Crippen molar-refractivity contribution in [2.24, 2.45) is 0 Å².